The van der Waals surface area contributed by atoms with Crippen LogP contribution in [0, 0.1) is 33.8 Å². The Hall–Kier alpha value is 0.305. The minimum Gasteiger partial charge on any atom is -0.398 e. The van der Waals surface area contributed by atoms with Crippen LogP contribution in [0.4, 0.5) is 0 Å². The molecule has 0 saturated heterocycles. The van der Waals surface area contributed by atoms with Crippen LogP contribution in [0.1, 0.15) is 72.6 Å². The van der Waals surface area contributed by atoms with Crippen molar-refractivity contribution in [3.05, 3.63) is 45.1 Å². The van der Waals surface area contributed by atoms with Crippen molar-refractivity contribution < 1.29 is 29.9 Å². The first kappa shape index (κ1) is 34.8. The van der Waals surface area contributed by atoms with Crippen molar-refractivity contribution in [1.29, 1.82) is 0 Å². The fraction of sp³-hybridized carbons (Fsp3) is 0.696. The molecular formula is C23H46O2PtSi. The van der Waals surface area contributed by atoms with E-state index in [2.05, 4.69) is 40.3 Å². The number of hydrogen-bond donors (Lipinski definition) is 0. The molecule has 1 unspecified atom stereocenters. The van der Waals surface area contributed by atoms with Crippen LogP contribution in [0.2, 0.25) is 12.6 Å². The van der Waals surface area contributed by atoms with Crippen LogP contribution in [-0.4, -0.2) is 22.8 Å². The second-order valence-electron chi connectivity index (χ2n) is 7.50. The van der Waals surface area contributed by atoms with Crippen LogP contribution in [0.3, 0.4) is 0 Å². The van der Waals surface area contributed by atoms with Crippen molar-refractivity contribution in [3.8, 4) is 0 Å². The molecule has 0 N–H and O–H groups in total. The maximum absolute atomic E-state index is 5.53. The minimum absolute atomic E-state index is 0. The largest absolute Gasteiger partial charge is 4.00 e. The van der Waals surface area contributed by atoms with Crippen molar-refractivity contribution in [2.45, 2.75) is 85.2 Å². The second-order valence-corrected chi connectivity index (χ2v) is 11.1. The van der Waals surface area contributed by atoms with E-state index in [4.69, 9.17) is 8.85 Å². The fourth-order valence-electron chi connectivity index (χ4n) is 3.47. The van der Waals surface area contributed by atoms with Gasteiger partial charge in [0.2, 0.25) is 0 Å². The van der Waals surface area contributed by atoms with Crippen molar-refractivity contribution in [2.24, 2.45) is 5.41 Å². The third-order valence-corrected chi connectivity index (χ3v) is 8.83. The summed E-state index contributed by atoms with van der Waals surface area (Å²) in [6.07, 6.45) is 12.8. The van der Waals surface area contributed by atoms with Crippen molar-refractivity contribution in [3.63, 3.8) is 0 Å². The SMILES string of the molecule is CO[Si](C)(CCCCCCCCC1(C)[C-]=C(C)C(C)=C1C)OC.[CH3-].[CH3-].[CH3-].[Pt+4]. The molecule has 0 aliphatic heterocycles. The van der Waals surface area contributed by atoms with Crippen LogP contribution in [0.15, 0.2) is 16.7 Å². The summed E-state index contributed by atoms with van der Waals surface area (Å²) in [6, 6.07) is 1.11. The van der Waals surface area contributed by atoms with Gasteiger partial charge < -0.3 is 31.1 Å². The Balaban J connectivity index is -0.000000661. The van der Waals surface area contributed by atoms with E-state index >= 15 is 0 Å². The molecule has 0 radical (unpaired) electrons. The van der Waals surface area contributed by atoms with Gasteiger partial charge in [0.15, 0.2) is 0 Å². The van der Waals surface area contributed by atoms with Crippen LogP contribution < -0.4 is 0 Å². The van der Waals surface area contributed by atoms with Gasteiger partial charge in [-0.25, -0.2) is 5.57 Å². The second kappa shape index (κ2) is 16.1. The predicted octanol–water partition coefficient (Wildman–Crippen LogP) is 7.54. The Bertz CT molecular complexity index is 442. The first-order chi connectivity index (χ1) is 10.8. The van der Waals surface area contributed by atoms with Gasteiger partial charge in [0.05, 0.1) is 0 Å². The molecule has 1 atom stereocenters. The van der Waals surface area contributed by atoms with Gasteiger partial charge in [-0.2, -0.15) is 11.1 Å². The maximum Gasteiger partial charge on any atom is 4.00 e. The van der Waals surface area contributed by atoms with Crippen molar-refractivity contribution in [2.75, 3.05) is 14.2 Å². The molecule has 0 aromatic rings. The van der Waals surface area contributed by atoms with E-state index in [1.807, 2.05) is 0 Å². The summed E-state index contributed by atoms with van der Waals surface area (Å²) in [5, 5.41) is 0. The normalized spacial score (nSPS) is 18.7. The Morgan fingerprint density at radius 3 is 1.70 bits per heavy atom. The van der Waals surface area contributed by atoms with E-state index in [1.54, 1.807) is 14.2 Å². The Kier molecular flexibility index (Phi) is 20.8. The molecule has 2 nitrogen and oxygen atoms in total. The molecule has 0 heterocycles. The summed E-state index contributed by atoms with van der Waals surface area (Å²) < 4.78 is 11.1. The van der Waals surface area contributed by atoms with Gasteiger partial charge in [-0.1, -0.05) is 71.1 Å². The number of rotatable bonds is 11. The number of allylic oxidation sites excluding steroid dienone is 4. The number of unbranched alkanes of at least 4 members (excludes halogenated alkanes) is 5. The standard InChI is InChI=1S/C20H37O2Si.3CH3.Pt/c1-17-16-20(4,19(3)18(17)2)14-12-10-8-9-11-13-15-23(7,21-5)22-6;;;;/h8-15H2,1-7H3;3*1H3;/q4*-1;+4. The quantitative estimate of drug-likeness (QED) is 0.144. The molecule has 1 aliphatic rings. The summed E-state index contributed by atoms with van der Waals surface area (Å²) in [6.45, 7) is 11.2. The molecule has 1 aliphatic carbocycles. The molecule has 0 aromatic heterocycles. The van der Waals surface area contributed by atoms with Gasteiger partial charge in [-0.05, 0) is 12.6 Å². The minimum atomic E-state index is -1.84. The van der Waals surface area contributed by atoms with Gasteiger partial charge in [-0.15, -0.1) is 6.92 Å². The molecular weight excluding hydrogens is 531 g/mol. The molecule has 0 bridgehead atoms. The van der Waals surface area contributed by atoms with Crippen LogP contribution in [0.5, 0.6) is 0 Å². The first-order valence-corrected chi connectivity index (χ1v) is 11.7. The van der Waals surface area contributed by atoms with E-state index < -0.39 is 8.56 Å². The van der Waals surface area contributed by atoms with E-state index in [0.29, 0.717) is 0 Å². The molecule has 0 aromatic carbocycles. The van der Waals surface area contributed by atoms with E-state index in [-0.39, 0.29) is 48.8 Å². The topological polar surface area (TPSA) is 18.5 Å². The fourth-order valence-corrected chi connectivity index (χ4v) is 4.93. The predicted molar refractivity (Wildman–Crippen MR) is 121 cm³/mol. The molecule has 4 heteroatoms. The third kappa shape index (κ3) is 10.6. The average Bonchev–Trinajstić information content (AvgIpc) is 2.73. The molecule has 0 amide bonds. The monoisotopic (exact) mass is 577 g/mol. The van der Waals surface area contributed by atoms with Crippen LogP contribution in [-0.2, 0) is 29.9 Å². The Labute approximate surface area is 188 Å². The summed E-state index contributed by atoms with van der Waals surface area (Å²) in [7, 11) is 1.73. The Morgan fingerprint density at radius 2 is 1.30 bits per heavy atom. The van der Waals surface area contributed by atoms with E-state index in [1.165, 1.54) is 61.7 Å². The zero-order valence-corrected chi connectivity index (χ0v) is 23.1. The van der Waals surface area contributed by atoms with Gasteiger partial charge >= 0.3 is 29.6 Å². The average molecular weight is 578 g/mol. The van der Waals surface area contributed by atoms with Crippen molar-refractivity contribution >= 4 is 8.56 Å². The molecule has 0 fully saturated rings. The zero-order valence-electron chi connectivity index (χ0n) is 19.8. The van der Waals surface area contributed by atoms with E-state index in [0.717, 1.165) is 6.04 Å². The smallest absolute Gasteiger partial charge is 0.398 e. The molecule has 0 saturated carbocycles. The number of hydrogen-bond acceptors (Lipinski definition) is 2. The van der Waals surface area contributed by atoms with Crippen LogP contribution in [0.25, 0.3) is 0 Å². The summed E-state index contributed by atoms with van der Waals surface area (Å²) in [5.74, 6) is 0. The van der Waals surface area contributed by atoms with E-state index in [9.17, 15) is 0 Å². The van der Waals surface area contributed by atoms with Crippen molar-refractivity contribution in [1.82, 2.24) is 0 Å². The van der Waals surface area contributed by atoms with Gasteiger partial charge in [0.1, 0.15) is 0 Å². The maximum atomic E-state index is 5.53. The molecule has 1 rings (SSSR count). The third-order valence-electron chi connectivity index (χ3n) is 5.84. The summed E-state index contributed by atoms with van der Waals surface area (Å²) >= 11 is 0. The summed E-state index contributed by atoms with van der Waals surface area (Å²) in [4.78, 5) is 0. The van der Waals surface area contributed by atoms with Gasteiger partial charge in [0, 0.05) is 14.2 Å². The molecule has 0 spiro atoms. The Morgan fingerprint density at radius 1 is 0.852 bits per heavy atom. The zero-order chi connectivity index (χ0) is 17.5. The first-order valence-electron chi connectivity index (χ1n) is 9.18. The van der Waals surface area contributed by atoms with Gasteiger partial charge in [0.25, 0.3) is 0 Å². The van der Waals surface area contributed by atoms with Gasteiger partial charge in [-0.3, -0.25) is 6.08 Å². The summed E-state index contributed by atoms with van der Waals surface area (Å²) in [5.41, 5.74) is 4.53. The van der Waals surface area contributed by atoms with Crippen LogP contribution >= 0.6 is 0 Å². The molecule has 164 valence electrons. The molecule has 27 heavy (non-hydrogen) atoms.